The molecule has 0 aliphatic carbocycles. The van der Waals surface area contributed by atoms with Gasteiger partial charge in [0.15, 0.2) is 0 Å². The number of rotatable bonds is 4. The second-order valence-corrected chi connectivity index (χ2v) is 8.17. The molecule has 0 radical (unpaired) electrons. The molecule has 0 spiro atoms. The monoisotopic (exact) mass is 503 g/mol. The first-order valence-electron chi connectivity index (χ1n) is 9.80. The zero-order chi connectivity index (χ0) is 19.6. The first kappa shape index (κ1) is 18.6. The Labute approximate surface area is 183 Å². The molecule has 3 aromatic rings. The molecule has 1 fully saturated rings. The van der Waals surface area contributed by atoms with E-state index in [2.05, 4.69) is 72.1 Å². The molecule has 5 rings (SSSR count). The summed E-state index contributed by atoms with van der Waals surface area (Å²) in [7, 11) is 0. The first-order valence-corrected chi connectivity index (χ1v) is 10.9. The molecule has 0 unspecified atom stereocenters. The van der Waals surface area contributed by atoms with Gasteiger partial charge in [-0.3, -0.25) is 0 Å². The van der Waals surface area contributed by atoms with Crippen LogP contribution in [0.4, 0.5) is 29.0 Å². The zero-order valence-electron chi connectivity index (χ0n) is 16.0. The van der Waals surface area contributed by atoms with Crippen molar-refractivity contribution in [3.63, 3.8) is 0 Å². The molecule has 1 N–H and O–H groups in total. The highest BCUT2D eigenvalue weighted by atomic mass is 127. The summed E-state index contributed by atoms with van der Waals surface area (Å²) in [5.41, 5.74) is 2.16. The predicted molar refractivity (Wildman–Crippen MR) is 121 cm³/mol. The molecule has 1 aromatic carbocycles. The first-order chi connectivity index (χ1) is 14.3. The van der Waals surface area contributed by atoms with E-state index < -0.39 is 0 Å². The van der Waals surface area contributed by atoms with Crippen LogP contribution < -0.4 is 15.1 Å². The molecule has 0 saturated carbocycles. The van der Waals surface area contributed by atoms with Crippen LogP contribution >= 0.6 is 22.6 Å². The van der Waals surface area contributed by atoms with E-state index >= 15 is 0 Å². The molecule has 2 aliphatic heterocycles. The number of benzene rings is 1. The topological polar surface area (TPSA) is 71.3 Å². The van der Waals surface area contributed by atoms with Crippen LogP contribution in [0.3, 0.4) is 0 Å². The number of anilines is 5. The zero-order valence-corrected chi connectivity index (χ0v) is 18.1. The summed E-state index contributed by atoms with van der Waals surface area (Å²) >= 11 is 2.26. The Bertz CT molecular complexity index is 1000. The van der Waals surface area contributed by atoms with E-state index in [1.807, 2.05) is 16.8 Å². The normalized spacial score (nSPS) is 16.6. The third-order valence-corrected chi connectivity index (χ3v) is 5.68. The van der Waals surface area contributed by atoms with Gasteiger partial charge in [-0.05, 0) is 53.3 Å². The number of aromatic nitrogens is 4. The van der Waals surface area contributed by atoms with Crippen LogP contribution in [0.1, 0.15) is 6.42 Å². The molecule has 9 heteroatoms. The van der Waals surface area contributed by atoms with Crippen LogP contribution in [0.5, 0.6) is 0 Å². The maximum Gasteiger partial charge on any atom is 0.229 e. The fourth-order valence-corrected chi connectivity index (χ4v) is 4.31. The van der Waals surface area contributed by atoms with Crippen LogP contribution in [0, 0.1) is 3.70 Å². The Balaban J connectivity index is 1.37. The highest BCUT2D eigenvalue weighted by Gasteiger charge is 2.21. The Morgan fingerprint density at radius 3 is 2.83 bits per heavy atom. The molecule has 2 aliphatic rings. The SMILES string of the molecule is Ic1cc2n(n1)CCCN2c1ccnc(Nc2cccc(N3CCOCC3)c2)n1. The molecule has 1 saturated heterocycles. The highest BCUT2D eigenvalue weighted by molar-refractivity contribution is 14.1. The van der Waals surface area contributed by atoms with Gasteiger partial charge in [-0.25, -0.2) is 9.67 Å². The molecule has 8 nitrogen and oxygen atoms in total. The standard InChI is InChI=1S/C20H22IN7O/c21-17-14-19-27(7-2-8-28(19)25-17)18-5-6-22-20(24-18)23-15-3-1-4-16(13-15)26-9-11-29-12-10-26/h1,3-6,13-14H,2,7-12H2,(H,22,23,24). The van der Waals surface area contributed by atoms with E-state index in [0.29, 0.717) is 5.95 Å². The molecule has 0 amide bonds. The van der Waals surface area contributed by atoms with Crippen molar-refractivity contribution in [2.75, 3.05) is 48.0 Å². The van der Waals surface area contributed by atoms with E-state index in [1.165, 1.54) is 5.69 Å². The van der Waals surface area contributed by atoms with Crippen molar-refractivity contribution < 1.29 is 4.74 Å². The highest BCUT2D eigenvalue weighted by Crippen LogP contribution is 2.30. The van der Waals surface area contributed by atoms with E-state index in [4.69, 9.17) is 9.72 Å². The van der Waals surface area contributed by atoms with Gasteiger partial charge in [0.25, 0.3) is 0 Å². The summed E-state index contributed by atoms with van der Waals surface area (Å²) in [6.07, 6.45) is 2.84. The van der Waals surface area contributed by atoms with Crippen LogP contribution in [0.15, 0.2) is 42.6 Å². The number of hydrogen-bond donors (Lipinski definition) is 1. The summed E-state index contributed by atoms with van der Waals surface area (Å²) in [5, 5.41) is 7.92. The Hall–Kier alpha value is -2.40. The number of fused-ring (bicyclic) bond motifs is 1. The lowest BCUT2D eigenvalue weighted by Crippen LogP contribution is -2.36. The van der Waals surface area contributed by atoms with Gasteiger partial charge in [-0.1, -0.05) is 6.07 Å². The summed E-state index contributed by atoms with van der Waals surface area (Å²) < 4.78 is 8.50. The van der Waals surface area contributed by atoms with Gasteiger partial charge >= 0.3 is 0 Å². The lowest BCUT2D eigenvalue weighted by Gasteiger charge is -2.29. The van der Waals surface area contributed by atoms with Crippen molar-refractivity contribution in [2.45, 2.75) is 13.0 Å². The van der Waals surface area contributed by atoms with E-state index in [-0.39, 0.29) is 0 Å². The lowest BCUT2D eigenvalue weighted by atomic mass is 10.2. The van der Waals surface area contributed by atoms with Gasteiger partial charge in [0.05, 0.1) is 13.2 Å². The van der Waals surface area contributed by atoms with Crippen LogP contribution in [0.2, 0.25) is 0 Å². The molecule has 2 aromatic heterocycles. The van der Waals surface area contributed by atoms with Gasteiger partial charge in [-0.2, -0.15) is 10.1 Å². The molecule has 150 valence electrons. The van der Waals surface area contributed by atoms with Gasteiger partial charge in [0.2, 0.25) is 5.95 Å². The number of aryl methyl sites for hydroxylation is 1. The van der Waals surface area contributed by atoms with Gasteiger partial charge in [0, 0.05) is 49.8 Å². The molecular formula is C20H22IN7O. The second-order valence-electron chi connectivity index (χ2n) is 7.07. The van der Waals surface area contributed by atoms with Crippen LogP contribution in [0.25, 0.3) is 0 Å². The van der Waals surface area contributed by atoms with Gasteiger partial charge < -0.3 is 19.9 Å². The summed E-state index contributed by atoms with van der Waals surface area (Å²) in [6.45, 7) is 5.24. The number of nitrogens with one attached hydrogen (secondary N) is 1. The van der Waals surface area contributed by atoms with E-state index in [1.54, 1.807) is 6.20 Å². The molecular weight excluding hydrogens is 481 g/mol. The number of halogens is 1. The third kappa shape index (κ3) is 4.01. The summed E-state index contributed by atoms with van der Waals surface area (Å²) in [6, 6.07) is 12.4. The summed E-state index contributed by atoms with van der Waals surface area (Å²) in [4.78, 5) is 13.7. The molecule has 0 atom stereocenters. The van der Waals surface area contributed by atoms with E-state index in [0.717, 1.165) is 66.8 Å². The van der Waals surface area contributed by atoms with Crippen LogP contribution in [-0.4, -0.2) is 52.6 Å². The maximum atomic E-state index is 5.46. The Morgan fingerprint density at radius 2 is 1.93 bits per heavy atom. The molecule has 4 heterocycles. The van der Waals surface area contributed by atoms with Crippen molar-refractivity contribution >= 4 is 51.5 Å². The van der Waals surface area contributed by atoms with E-state index in [9.17, 15) is 0 Å². The van der Waals surface area contributed by atoms with Gasteiger partial charge in [-0.15, -0.1) is 0 Å². The quantitative estimate of drug-likeness (QED) is 0.548. The lowest BCUT2D eigenvalue weighted by molar-refractivity contribution is 0.122. The number of nitrogens with zero attached hydrogens (tertiary/aromatic N) is 6. The number of morpholine rings is 1. The minimum absolute atomic E-state index is 0.591. The molecule has 0 bridgehead atoms. The second kappa shape index (κ2) is 8.15. The smallest absolute Gasteiger partial charge is 0.229 e. The van der Waals surface area contributed by atoms with Gasteiger partial charge in [0.1, 0.15) is 15.3 Å². The average molecular weight is 503 g/mol. The fourth-order valence-electron chi connectivity index (χ4n) is 3.77. The minimum Gasteiger partial charge on any atom is -0.378 e. The third-order valence-electron chi connectivity index (χ3n) is 5.15. The van der Waals surface area contributed by atoms with Crippen molar-refractivity contribution in [1.82, 2.24) is 19.7 Å². The summed E-state index contributed by atoms with van der Waals surface area (Å²) in [5.74, 6) is 2.55. The maximum absolute atomic E-state index is 5.46. The number of hydrogen-bond acceptors (Lipinski definition) is 7. The molecule has 29 heavy (non-hydrogen) atoms. The van der Waals surface area contributed by atoms with Crippen LogP contribution in [-0.2, 0) is 11.3 Å². The Kier molecular flexibility index (Phi) is 5.23. The van der Waals surface area contributed by atoms with Crippen molar-refractivity contribution in [3.8, 4) is 0 Å². The predicted octanol–water partition coefficient (Wildman–Crippen LogP) is 3.40. The fraction of sp³-hybridized carbons (Fsp3) is 0.350. The van der Waals surface area contributed by atoms with Crippen molar-refractivity contribution in [2.24, 2.45) is 0 Å². The minimum atomic E-state index is 0.591. The number of ether oxygens (including phenoxy) is 1. The largest absolute Gasteiger partial charge is 0.378 e. The Morgan fingerprint density at radius 1 is 1.03 bits per heavy atom. The van der Waals surface area contributed by atoms with Crippen molar-refractivity contribution in [1.29, 1.82) is 0 Å². The average Bonchev–Trinajstić information content (AvgIpc) is 3.15. The van der Waals surface area contributed by atoms with Crippen molar-refractivity contribution in [3.05, 3.63) is 46.3 Å².